The molecule has 7 heteroatoms. The average Bonchev–Trinajstić information content (AvgIpc) is 2.58. The molecule has 0 heterocycles. The molecule has 126 valence electrons. The molecule has 2 aromatic carbocycles. The van der Waals surface area contributed by atoms with Crippen molar-refractivity contribution in [3.05, 3.63) is 69.9 Å². The van der Waals surface area contributed by atoms with Crippen LogP contribution in [0.1, 0.15) is 22.3 Å². The van der Waals surface area contributed by atoms with Crippen molar-refractivity contribution in [3.8, 4) is 0 Å². The number of hydrogen-bond donors (Lipinski definition) is 2. The van der Waals surface area contributed by atoms with E-state index in [4.69, 9.17) is 4.84 Å². The first kappa shape index (κ1) is 18.1. The number of carbonyl (C=O) groups is 2. The van der Waals surface area contributed by atoms with Gasteiger partial charge in [0, 0.05) is 17.4 Å². The number of carbonyl (C=O) groups excluding carboxylic acids is 2. The van der Waals surface area contributed by atoms with Gasteiger partial charge in [0.25, 0.3) is 5.91 Å². The first-order valence-electron chi connectivity index (χ1n) is 7.24. The van der Waals surface area contributed by atoms with Crippen LogP contribution in [0.2, 0.25) is 0 Å². The van der Waals surface area contributed by atoms with Crippen LogP contribution in [-0.4, -0.2) is 18.4 Å². The van der Waals surface area contributed by atoms with Gasteiger partial charge in [-0.25, -0.2) is 9.87 Å². The van der Waals surface area contributed by atoms with Crippen molar-refractivity contribution in [2.75, 3.05) is 6.54 Å². The normalized spacial score (nSPS) is 10.2. The quantitative estimate of drug-likeness (QED) is 0.709. The molecule has 0 saturated carbocycles. The highest BCUT2D eigenvalue weighted by molar-refractivity contribution is 9.10. The zero-order valence-corrected chi connectivity index (χ0v) is 14.3. The molecule has 24 heavy (non-hydrogen) atoms. The van der Waals surface area contributed by atoms with Gasteiger partial charge in [-0.1, -0.05) is 30.3 Å². The van der Waals surface area contributed by atoms with E-state index in [-0.39, 0.29) is 31.0 Å². The molecule has 0 bridgehead atoms. The fourth-order valence-corrected chi connectivity index (χ4v) is 2.31. The summed E-state index contributed by atoms with van der Waals surface area (Å²) in [6.07, 6.45) is 0.0491. The predicted molar refractivity (Wildman–Crippen MR) is 90.4 cm³/mol. The lowest BCUT2D eigenvalue weighted by Gasteiger charge is -2.08. The van der Waals surface area contributed by atoms with Gasteiger partial charge in [-0.15, -0.1) is 0 Å². The number of halogens is 2. The third-order valence-corrected chi connectivity index (χ3v) is 3.77. The molecular formula is C17H16BrFN2O3. The lowest BCUT2D eigenvalue weighted by Crippen LogP contribution is -2.31. The summed E-state index contributed by atoms with van der Waals surface area (Å²) in [4.78, 5) is 28.6. The van der Waals surface area contributed by atoms with Gasteiger partial charge in [0.1, 0.15) is 5.82 Å². The Morgan fingerprint density at radius 3 is 2.62 bits per heavy atom. The Hall–Kier alpha value is -2.25. The maximum absolute atomic E-state index is 13.2. The van der Waals surface area contributed by atoms with Crippen LogP contribution in [0.5, 0.6) is 0 Å². The third kappa shape index (κ3) is 5.75. The van der Waals surface area contributed by atoms with Crippen LogP contribution in [0.4, 0.5) is 4.39 Å². The van der Waals surface area contributed by atoms with Gasteiger partial charge < -0.3 is 5.32 Å². The van der Waals surface area contributed by atoms with Gasteiger partial charge in [0.2, 0.25) is 5.91 Å². The predicted octanol–water partition coefficient (Wildman–Crippen LogP) is 2.96. The SMILES string of the molecule is O=C(CCNC(=O)c1cc(F)ccc1Br)NOCc1ccccc1. The second-order valence-corrected chi connectivity index (χ2v) is 5.78. The van der Waals surface area contributed by atoms with Gasteiger partial charge in [-0.3, -0.25) is 14.4 Å². The van der Waals surface area contributed by atoms with Crippen molar-refractivity contribution in [2.45, 2.75) is 13.0 Å². The maximum atomic E-state index is 13.2. The lowest BCUT2D eigenvalue weighted by molar-refractivity contribution is -0.134. The first-order valence-corrected chi connectivity index (χ1v) is 8.03. The summed E-state index contributed by atoms with van der Waals surface area (Å²) >= 11 is 3.18. The van der Waals surface area contributed by atoms with Crippen LogP contribution in [0.15, 0.2) is 53.0 Å². The molecule has 0 saturated heterocycles. The number of hydroxylamine groups is 1. The van der Waals surface area contributed by atoms with Crippen LogP contribution >= 0.6 is 15.9 Å². The number of rotatable bonds is 7. The monoisotopic (exact) mass is 394 g/mol. The molecule has 0 aromatic heterocycles. The molecular weight excluding hydrogens is 379 g/mol. The van der Waals surface area contributed by atoms with E-state index in [9.17, 15) is 14.0 Å². The Morgan fingerprint density at radius 1 is 1.12 bits per heavy atom. The maximum Gasteiger partial charge on any atom is 0.252 e. The molecule has 0 radical (unpaired) electrons. The summed E-state index contributed by atoms with van der Waals surface area (Å²) in [5.41, 5.74) is 3.41. The molecule has 2 N–H and O–H groups in total. The zero-order chi connectivity index (χ0) is 17.4. The highest BCUT2D eigenvalue weighted by Gasteiger charge is 2.11. The fourth-order valence-electron chi connectivity index (χ4n) is 1.88. The summed E-state index contributed by atoms with van der Waals surface area (Å²) in [6, 6.07) is 13.2. The van der Waals surface area contributed by atoms with Crippen LogP contribution in [0.25, 0.3) is 0 Å². The molecule has 0 fully saturated rings. The summed E-state index contributed by atoms with van der Waals surface area (Å²) in [5.74, 6) is -1.32. The average molecular weight is 395 g/mol. The van der Waals surface area contributed by atoms with E-state index in [1.807, 2.05) is 30.3 Å². The summed E-state index contributed by atoms with van der Waals surface area (Å²) in [7, 11) is 0. The number of hydrogen-bond acceptors (Lipinski definition) is 3. The highest BCUT2D eigenvalue weighted by Crippen LogP contribution is 2.17. The summed E-state index contributed by atoms with van der Waals surface area (Å²) in [6.45, 7) is 0.373. The van der Waals surface area contributed by atoms with E-state index in [2.05, 4.69) is 26.7 Å². The van der Waals surface area contributed by atoms with Crippen molar-refractivity contribution in [2.24, 2.45) is 0 Å². The largest absolute Gasteiger partial charge is 0.351 e. The van der Waals surface area contributed by atoms with Gasteiger partial charge in [0.15, 0.2) is 0 Å². The standard InChI is InChI=1S/C17H16BrFN2O3/c18-15-7-6-13(19)10-14(15)17(23)20-9-8-16(22)21-24-11-12-4-2-1-3-5-12/h1-7,10H,8-9,11H2,(H,20,23)(H,21,22). The first-order chi connectivity index (χ1) is 11.6. The molecule has 5 nitrogen and oxygen atoms in total. The van der Waals surface area contributed by atoms with E-state index in [1.54, 1.807) is 0 Å². The van der Waals surface area contributed by atoms with Crippen LogP contribution in [-0.2, 0) is 16.2 Å². The molecule has 0 aliphatic heterocycles. The zero-order valence-electron chi connectivity index (χ0n) is 12.7. The number of amides is 2. The molecule has 2 rings (SSSR count). The summed E-state index contributed by atoms with van der Waals surface area (Å²) < 4.78 is 13.6. The minimum absolute atomic E-state index is 0.0491. The Bertz CT molecular complexity index is 710. The van der Waals surface area contributed by atoms with E-state index in [1.165, 1.54) is 12.1 Å². The number of benzene rings is 2. The van der Waals surface area contributed by atoms with Crippen molar-refractivity contribution >= 4 is 27.7 Å². The molecule has 0 unspecified atom stereocenters. The third-order valence-electron chi connectivity index (χ3n) is 3.08. The fraction of sp³-hybridized carbons (Fsp3) is 0.176. The Kier molecular flexibility index (Phi) is 6.89. The highest BCUT2D eigenvalue weighted by atomic mass is 79.9. The Balaban J connectivity index is 1.68. The molecule has 0 aliphatic rings. The van der Waals surface area contributed by atoms with Crippen molar-refractivity contribution in [3.63, 3.8) is 0 Å². The van der Waals surface area contributed by atoms with E-state index < -0.39 is 11.7 Å². The molecule has 2 aromatic rings. The van der Waals surface area contributed by atoms with Gasteiger partial charge >= 0.3 is 0 Å². The van der Waals surface area contributed by atoms with Crippen molar-refractivity contribution in [1.82, 2.24) is 10.8 Å². The minimum atomic E-state index is -0.504. The number of nitrogens with one attached hydrogen (secondary N) is 2. The second kappa shape index (κ2) is 9.14. The Labute approximate surface area is 147 Å². The smallest absolute Gasteiger partial charge is 0.252 e. The Morgan fingerprint density at radius 2 is 1.88 bits per heavy atom. The van der Waals surface area contributed by atoms with Crippen molar-refractivity contribution < 1.29 is 18.8 Å². The van der Waals surface area contributed by atoms with Crippen molar-refractivity contribution in [1.29, 1.82) is 0 Å². The lowest BCUT2D eigenvalue weighted by atomic mass is 10.2. The van der Waals surface area contributed by atoms with Crippen LogP contribution in [0, 0.1) is 5.82 Å². The second-order valence-electron chi connectivity index (χ2n) is 4.93. The van der Waals surface area contributed by atoms with E-state index in [0.717, 1.165) is 11.6 Å². The van der Waals surface area contributed by atoms with Crippen LogP contribution < -0.4 is 10.8 Å². The van der Waals surface area contributed by atoms with Gasteiger partial charge in [-0.05, 0) is 39.7 Å². The summed E-state index contributed by atoms with van der Waals surface area (Å²) in [5, 5.41) is 2.55. The molecule has 2 amide bonds. The molecule has 0 aliphatic carbocycles. The van der Waals surface area contributed by atoms with E-state index >= 15 is 0 Å². The van der Waals surface area contributed by atoms with Gasteiger partial charge in [-0.2, -0.15) is 0 Å². The topological polar surface area (TPSA) is 67.4 Å². The molecule has 0 spiro atoms. The molecule has 0 atom stereocenters. The van der Waals surface area contributed by atoms with Gasteiger partial charge in [0.05, 0.1) is 12.2 Å². The van der Waals surface area contributed by atoms with Crippen LogP contribution in [0.3, 0.4) is 0 Å². The van der Waals surface area contributed by atoms with E-state index in [0.29, 0.717) is 4.47 Å². The minimum Gasteiger partial charge on any atom is -0.351 e.